The molecule has 0 aliphatic carbocycles. The van der Waals surface area contributed by atoms with Crippen LogP contribution in [-0.2, 0) is 20.9 Å². The molecule has 0 spiro atoms. The van der Waals surface area contributed by atoms with Gasteiger partial charge in [-0.25, -0.2) is 18.0 Å². The first kappa shape index (κ1) is 37.4. The molecule has 4 aromatic rings. The van der Waals surface area contributed by atoms with E-state index < -0.39 is 32.9 Å². The van der Waals surface area contributed by atoms with E-state index in [4.69, 9.17) is 19.0 Å². The number of fused-ring (bicyclic) bond motifs is 2. The van der Waals surface area contributed by atoms with E-state index in [2.05, 4.69) is 9.97 Å². The Kier molecular flexibility index (Phi) is 19.0. The number of aromatic nitrogens is 2. The number of carboxylic acids is 2. The monoisotopic (exact) mass is 572 g/mol. The SMILES string of the molecule is CC.CS(=O)[O-].CS(C)(=O)=O.O=C(O)c1ccc2ncccc2c1.O=C(O)c1ccc2ncccc2c1.[Na+]. The third-order valence-corrected chi connectivity index (χ3v) is 3.70. The predicted molar refractivity (Wildman–Crippen MR) is 144 cm³/mol. The first-order valence-corrected chi connectivity index (χ1v) is 14.4. The van der Waals surface area contributed by atoms with Gasteiger partial charge in [0.05, 0.1) is 22.2 Å². The van der Waals surface area contributed by atoms with Crippen LogP contribution in [0.5, 0.6) is 0 Å². The van der Waals surface area contributed by atoms with Gasteiger partial charge in [0.25, 0.3) is 0 Å². The van der Waals surface area contributed by atoms with Crippen molar-refractivity contribution in [3.63, 3.8) is 0 Å². The fraction of sp³-hybridized carbons (Fsp3) is 0.200. The Balaban J connectivity index is 0. The third-order valence-electron chi connectivity index (χ3n) is 3.70. The minimum absolute atomic E-state index is 0. The minimum atomic E-state index is -2.67. The van der Waals surface area contributed by atoms with Crippen LogP contribution in [0.3, 0.4) is 0 Å². The van der Waals surface area contributed by atoms with E-state index in [1.807, 2.05) is 26.0 Å². The molecule has 2 N–H and O–H groups in total. The van der Waals surface area contributed by atoms with Crippen molar-refractivity contribution in [1.82, 2.24) is 9.97 Å². The van der Waals surface area contributed by atoms with Crippen molar-refractivity contribution in [2.24, 2.45) is 0 Å². The summed E-state index contributed by atoms with van der Waals surface area (Å²) in [5, 5.41) is 19.1. The number of aromatic carboxylic acids is 2. The number of rotatable bonds is 2. The molecule has 0 saturated heterocycles. The molecule has 13 heteroatoms. The van der Waals surface area contributed by atoms with Gasteiger partial charge >= 0.3 is 41.5 Å². The Bertz CT molecular complexity index is 1350. The fourth-order valence-corrected chi connectivity index (χ4v) is 2.42. The zero-order valence-electron chi connectivity index (χ0n) is 22.0. The van der Waals surface area contributed by atoms with Gasteiger partial charge in [0.15, 0.2) is 0 Å². The van der Waals surface area contributed by atoms with E-state index in [1.165, 1.54) is 0 Å². The summed E-state index contributed by atoms with van der Waals surface area (Å²) in [6, 6.07) is 17.0. The second-order valence-corrected chi connectivity index (χ2v) is 10.1. The standard InChI is InChI=1S/2C10H7NO2.C2H6O2S.C2H6.CH4O2S.Na/c2*12-10(13)8-3-4-9-7(6-8)2-1-5-11-9;1-5(2,3)4;1-2;1-4(2)3;/h2*1-6H,(H,12,13);1-2H3;1-2H3;1H3,(H,2,3);/q;;;;;+1/p-1. The number of carbonyl (C=O) groups is 2. The zero-order valence-corrected chi connectivity index (χ0v) is 25.6. The molecule has 2 heterocycles. The molecule has 2 aromatic carbocycles. The molecule has 38 heavy (non-hydrogen) atoms. The second kappa shape index (κ2) is 19.3. The summed E-state index contributed by atoms with van der Waals surface area (Å²) in [6.45, 7) is 4.00. The van der Waals surface area contributed by atoms with Crippen molar-refractivity contribution < 1.29 is 66.5 Å². The van der Waals surface area contributed by atoms with Crippen molar-refractivity contribution in [1.29, 1.82) is 0 Å². The molecule has 10 nitrogen and oxygen atoms in total. The van der Waals surface area contributed by atoms with E-state index in [-0.39, 0.29) is 29.6 Å². The Labute approximate surface area is 246 Å². The van der Waals surface area contributed by atoms with E-state index >= 15 is 0 Å². The quantitative estimate of drug-likeness (QED) is 0.261. The fourth-order valence-electron chi connectivity index (χ4n) is 2.42. The molecule has 0 bridgehead atoms. The normalized spacial score (nSPS) is 10.3. The molecular formula is C25H29N2NaO8S2. The number of nitrogens with zero attached hydrogens (tertiary/aromatic N) is 2. The average molecular weight is 573 g/mol. The van der Waals surface area contributed by atoms with Crippen LogP contribution in [0.25, 0.3) is 21.8 Å². The molecule has 2 aromatic heterocycles. The molecular weight excluding hydrogens is 543 g/mol. The van der Waals surface area contributed by atoms with Gasteiger partial charge in [-0.05, 0) is 54.8 Å². The van der Waals surface area contributed by atoms with Crippen LogP contribution >= 0.6 is 0 Å². The average Bonchev–Trinajstić information content (AvgIpc) is 2.83. The Morgan fingerprint density at radius 2 is 1.08 bits per heavy atom. The van der Waals surface area contributed by atoms with E-state index in [0.717, 1.165) is 40.6 Å². The third kappa shape index (κ3) is 16.9. The second-order valence-electron chi connectivity index (χ2n) is 6.98. The van der Waals surface area contributed by atoms with Crippen LogP contribution in [-0.4, -0.2) is 68.1 Å². The summed E-state index contributed by atoms with van der Waals surface area (Å²) in [5.74, 6) is -1.82. The van der Waals surface area contributed by atoms with Crippen molar-refractivity contribution in [3.8, 4) is 0 Å². The largest absolute Gasteiger partial charge is 1.00 e. The van der Waals surface area contributed by atoms with Crippen molar-refractivity contribution in [2.45, 2.75) is 13.8 Å². The van der Waals surface area contributed by atoms with Gasteiger partial charge in [-0.2, -0.15) is 0 Å². The minimum Gasteiger partial charge on any atom is -0.773 e. The molecule has 4 rings (SSSR count). The molecule has 1 atom stereocenters. The molecule has 0 aliphatic rings. The van der Waals surface area contributed by atoms with E-state index in [1.54, 1.807) is 60.9 Å². The number of hydrogen-bond donors (Lipinski definition) is 2. The summed E-state index contributed by atoms with van der Waals surface area (Å²) < 4.78 is 37.3. The Hall–Kier alpha value is -2.74. The van der Waals surface area contributed by atoms with Gasteiger partial charge in [0, 0.05) is 35.7 Å². The molecule has 0 amide bonds. The number of carboxylic acid groups (broad SMARTS) is 2. The van der Waals surface area contributed by atoms with Crippen LogP contribution in [0.15, 0.2) is 73.1 Å². The van der Waals surface area contributed by atoms with Crippen LogP contribution in [0.1, 0.15) is 34.6 Å². The summed E-state index contributed by atoms with van der Waals surface area (Å²) >= 11 is -1.86. The molecule has 0 fully saturated rings. The first-order valence-electron chi connectivity index (χ1n) is 10.6. The van der Waals surface area contributed by atoms with E-state index in [0.29, 0.717) is 11.1 Å². The summed E-state index contributed by atoms with van der Waals surface area (Å²) in [6.07, 6.45) is 6.77. The maximum atomic E-state index is 10.6. The van der Waals surface area contributed by atoms with Gasteiger partial charge in [0.1, 0.15) is 9.84 Å². The number of benzene rings is 2. The van der Waals surface area contributed by atoms with Crippen LogP contribution < -0.4 is 29.6 Å². The summed E-state index contributed by atoms with van der Waals surface area (Å²) in [5.41, 5.74) is 2.21. The van der Waals surface area contributed by atoms with Gasteiger partial charge in [-0.15, -0.1) is 0 Å². The zero-order chi connectivity index (χ0) is 28.6. The molecule has 0 saturated carbocycles. The smallest absolute Gasteiger partial charge is 0.773 e. The number of sulfone groups is 1. The van der Waals surface area contributed by atoms with E-state index in [9.17, 15) is 18.0 Å². The number of hydrogen-bond acceptors (Lipinski definition) is 8. The van der Waals surface area contributed by atoms with Gasteiger partial charge in [-0.1, -0.05) is 37.1 Å². The molecule has 200 valence electrons. The Morgan fingerprint density at radius 1 is 0.789 bits per heavy atom. The molecule has 1 unspecified atom stereocenters. The maximum absolute atomic E-state index is 10.6. The first-order chi connectivity index (χ1) is 17.3. The van der Waals surface area contributed by atoms with Crippen LogP contribution in [0.4, 0.5) is 0 Å². The topological polar surface area (TPSA) is 175 Å². The van der Waals surface area contributed by atoms with Gasteiger partial charge in [-0.3, -0.25) is 14.2 Å². The summed E-state index contributed by atoms with van der Waals surface area (Å²) in [4.78, 5) is 29.4. The van der Waals surface area contributed by atoms with Crippen LogP contribution in [0, 0.1) is 0 Å². The van der Waals surface area contributed by atoms with Crippen molar-refractivity contribution in [2.75, 3.05) is 18.8 Å². The Morgan fingerprint density at radius 3 is 1.34 bits per heavy atom. The van der Waals surface area contributed by atoms with Crippen LogP contribution in [0.2, 0.25) is 0 Å². The van der Waals surface area contributed by atoms with Gasteiger partial charge < -0.3 is 14.8 Å². The number of pyridine rings is 2. The molecule has 0 aliphatic heterocycles. The van der Waals surface area contributed by atoms with Gasteiger partial charge in [0.2, 0.25) is 0 Å². The molecule has 0 radical (unpaired) electrons. The van der Waals surface area contributed by atoms with Crippen molar-refractivity contribution >= 4 is 54.7 Å². The van der Waals surface area contributed by atoms with Crippen molar-refractivity contribution in [3.05, 3.63) is 84.2 Å². The maximum Gasteiger partial charge on any atom is 1.00 e. The predicted octanol–water partition coefficient (Wildman–Crippen LogP) is 1.05. The summed E-state index contributed by atoms with van der Waals surface area (Å²) in [7, 11) is -2.67.